The summed E-state index contributed by atoms with van der Waals surface area (Å²) >= 11 is 0. The Morgan fingerprint density at radius 2 is 1.87 bits per heavy atom. The van der Waals surface area contributed by atoms with Gasteiger partial charge in [-0.05, 0) is 12.1 Å². The van der Waals surface area contributed by atoms with E-state index in [1.54, 1.807) is 23.6 Å². The van der Waals surface area contributed by atoms with Crippen molar-refractivity contribution in [2.75, 3.05) is 44.2 Å². The number of rotatable bonds is 7. The summed E-state index contributed by atoms with van der Waals surface area (Å²) < 4.78 is 31.4. The summed E-state index contributed by atoms with van der Waals surface area (Å²) in [5.41, 5.74) is 0.256. The first kappa shape index (κ1) is 21.7. The van der Waals surface area contributed by atoms with E-state index < -0.39 is 14.9 Å². The van der Waals surface area contributed by atoms with Gasteiger partial charge in [0.2, 0.25) is 10.0 Å². The fraction of sp³-hybridized carbons (Fsp3) is 0.444. The number of piperazine rings is 1. The molecule has 0 aliphatic carbocycles. The second kappa shape index (κ2) is 8.79. The van der Waals surface area contributed by atoms with Gasteiger partial charge >= 0.3 is 0 Å². The van der Waals surface area contributed by atoms with Crippen LogP contribution in [0.15, 0.2) is 39.9 Å². The second-order valence-electron chi connectivity index (χ2n) is 6.66. The first-order valence-corrected chi connectivity index (χ1v) is 11.0. The van der Waals surface area contributed by atoms with Crippen molar-refractivity contribution in [3.63, 3.8) is 0 Å². The Kier molecular flexibility index (Phi) is 6.37. The van der Waals surface area contributed by atoms with E-state index in [0.29, 0.717) is 31.9 Å². The predicted molar refractivity (Wildman–Crippen MR) is 108 cm³/mol. The van der Waals surface area contributed by atoms with E-state index in [2.05, 4.69) is 5.16 Å². The van der Waals surface area contributed by atoms with Gasteiger partial charge < -0.3 is 14.3 Å². The highest BCUT2D eigenvalue weighted by molar-refractivity contribution is 7.89. The van der Waals surface area contributed by atoms with E-state index >= 15 is 0 Å². The number of benzene rings is 1. The molecule has 1 aliphatic heterocycles. The standard InChI is InChI=1S/C18H23N5O6S/c1-3-22(4-2)30(27,28)14-5-6-16(17(13-14)23(25)26)20-8-10-21(11-9-20)18(24)15-7-12-29-19-15/h5-7,12-13H,3-4,8-11H2,1-2H3. The highest BCUT2D eigenvalue weighted by Crippen LogP contribution is 2.32. The molecule has 0 bridgehead atoms. The Hall–Kier alpha value is -2.99. The third-order valence-corrected chi connectivity index (χ3v) is 7.10. The summed E-state index contributed by atoms with van der Waals surface area (Å²) in [6.07, 6.45) is 1.32. The van der Waals surface area contributed by atoms with Crippen molar-refractivity contribution in [1.29, 1.82) is 0 Å². The summed E-state index contributed by atoms with van der Waals surface area (Å²) in [6.45, 7) is 5.41. The molecule has 162 valence electrons. The lowest BCUT2D eigenvalue weighted by molar-refractivity contribution is -0.384. The number of sulfonamides is 1. The average Bonchev–Trinajstić information content (AvgIpc) is 3.28. The maximum atomic E-state index is 12.7. The molecule has 0 atom stereocenters. The quantitative estimate of drug-likeness (QED) is 0.471. The van der Waals surface area contributed by atoms with Crippen LogP contribution >= 0.6 is 0 Å². The minimum Gasteiger partial charge on any atom is -0.364 e. The maximum Gasteiger partial charge on any atom is 0.293 e. The Labute approximate surface area is 174 Å². The van der Waals surface area contributed by atoms with Gasteiger partial charge in [0, 0.05) is 51.4 Å². The minimum atomic E-state index is -3.81. The van der Waals surface area contributed by atoms with Crippen molar-refractivity contribution in [2.24, 2.45) is 0 Å². The third-order valence-electron chi connectivity index (χ3n) is 5.05. The van der Waals surface area contributed by atoms with Crippen molar-refractivity contribution in [1.82, 2.24) is 14.4 Å². The molecule has 0 spiro atoms. The Balaban J connectivity index is 1.82. The van der Waals surface area contributed by atoms with Gasteiger partial charge in [-0.2, -0.15) is 4.31 Å². The lowest BCUT2D eigenvalue weighted by atomic mass is 10.2. The van der Waals surface area contributed by atoms with Gasteiger partial charge in [-0.3, -0.25) is 14.9 Å². The summed E-state index contributed by atoms with van der Waals surface area (Å²) in [7, 11) is -3.81. The molecule has 1 aromatic heterocycles. The van der Waals surface area contributed by atoms with E-state index in [9.17, 15) is 23.3 Å². The van der Waals surface area contributed by atoms with E-state index in [4.69, 9.17) is 4.52 Å². The van der Waals surface area contributed by atoms with Crippen LogP contribution in [0.4, 0.5) is 11.4 Å². The van der Waals surface area contributed by atoms with Crippen LogP contribution in [0.5, 0.6) is 0 Å². The SMILES string of the molecule is CCN(CC)S(=O)(=O)c1ccc(N2CCN(C(=O)c3ccon3)CC2)c([N+](=O)[O-])c1. The van der Waals surface area contributed by atoms with Crippen molar-refractivity contribution in [3.8, 4) is 0 Å². The molecular formula is C18H23N5O6S. The number of carbonyl (C=O) groups is 1. The Morgan fingerprint density at radius 3 is 2.40 bits per heavy atom. The zero-order valence-corrected chi connectivity index (χ0v) is 17.5. The fourth-order valence-corrected chi connectivity index (χ4v) is 4.90. The lowest BCUT2D eigenvalue weighted by Crippen LogP contribution is -2.49. The van der Waals surface area contributed by atoms with Crippen LogP contribution in [0.25, 0.3) is 0 Å². The predicted octanol–water partition coefficient (Wildman–Crippen LogP) is 1.58. The van der Waals surface area contributed by atoms with Gasteiger partial charge in [0.15, 0.2) is 5.69 Å². The summed E-state index contributed by atoms with van der Waals surface area (Å²) in [6, 6.07) is 5.44. The monoisotopic (exact) mass is 437 g/mol. The molecule has 0 N–H and O–H groups in total. The normalized spacial score (nSPS) is 14.9. The Bertz CT molecular complexity index is 1010. The van der Waals surface area contributed by atoms with E-state index in [1.807, 2.05) is 0 Å². The van der Waals surface area contributed by atoms with Crippen LogP contribution in [0.3, 0.4) is 0 Å². The van der Waals surface area contributed by atoms with E-state index in [-0.39, 0.29) is 35.3 Å². The Morgan fingerprint density at radius 1 is 1.20 bits per heavy atom. The topological polar surface area (TPSA) is 130 Å². The van der Waals surface area contributed by atoms with Crippen molar-refractivity contribution in [3.05, 3.63) is 46.3 Å². The highest BCUT2D eigenvalue weighted by atomic mass is 32.2. The average molecular weight is 437 g/mol. The zero-order chi connectivity index (χ0) is 21.9. The molecule has 30 heavy (non-hydrogen) atoms. The molecular weight excluding hydrogens is 414 g/mol. The van der Waals surface area contributed by atoms with Crippen molar-refractivity contribution >= 4 is 27.3 Å². The van der Waals surface area contributed by atoms with Crippen LogP contribution in [0, 0.1) is 10.1 Å². The van der Waals surface area contributed by atoms with E-state index in [1.165, 1.54) is 28.8 Å². The van der Waals surface area contributed by atoms with Crippen LogP contribution in [-0.4, -0.2) is 72.9 Å². The molecule has 0 radical (unpaired) electrons. The summed E-state index contributed by atoms with van der Waals surface area (Å²) in [5, 5.41) is 15.3. The minimum absolute atomic E-state index is 0.110. The van der Waals surface area contributed by atoms with Crippen molar-refractivity contribution < 1.29 is 22.7 Å². The molecule has 3 rings (SSSR count). The highest BCUT2D eigenvalue weighted by Gasteiger charge is 2.30. The molecule has 12 heteroatoms. The summed E-state index contributed by atoms with van der Waals surface area (Å²) in [4.78, 5) is 26.7. The lowest BCUT2D eigenvalue weighted by Gasteiger charge is -2.35. The molecule has 1 saturated heterocycles. The largest absolute Gasteiger partial charge is 0.364 e. The van der Waals surface area contributed by atoms with Crippen LogP contribution in [0.1, 0.15) is 24.3 Å². The number of aromatic nitrogens is 1. The number of amides is 1. The zero-order valence-electron chi connectivity index (χ0n) is 16.7. The number of nitrogens with zero attached hydrogens (tertiary/aromatic N) is 5. The number of carbonyl (C=O) groups excluding carboxylic acids is 1. The number of anilines is 1. The smallest absolute Gasteiger partial charge is 0.293 e. The maximum absolute atomic E-state index is 12.7. The van der Waals surface area contributed by atoms with Gasteiger partial charge in [0.25, 0.3) is 11.6 Å². The molecule has 11 nitrogen and oxygen atoms in total. The van der Waals surface area contributed by atoms with Gasteiger partial charge in [0.05, 0.1) is 9.82 Å². The first-order chi connectivity index (χ1) is 14.3. The third kappa shape index (κ3) is 4.14. The van der Waals surface area contributed by atoms with Crippen LogP contribution < -0.4 is 4.90 Å². The molecule has 1 aromatic carbocycles. The second-order valence-corrected chi connectivity index (χ2v) is 8.60. The molecule has 1 aliphatic rings. The van der Waals surface area contributed by atoms with Gasteiger partial charge in [-0.15, -0.1) is 0 Å². The van der Waals surface area contributed by atoms with Crippen LogP contribution in [0.2, 0.25) is 0 Å². The van der Waals surface area contributed by atoms with E-state index in [0.717, 1.165) is 6.07 Å². The van der Waals surface area contributed by atoms with Crippen LogP contribution in [-0.2, 0) is 10.0 Å². The van der Waals surface area contributed by atoms with Gasteiger partial charge in [-0.25, -0.2) is 8.42 Å². The van der Waals surface area contributed by atoms with Crippen molar-refractivity contribution in [2.45, 2.75) is 18.7 Å². The molecule has 2 aromatic rings. The van der Waals surface area contributed by atoms with Gasteiger partial charge in [0.1, 0.15) is 12.0 Å². The molecule has 1 fully saturated rings. The van der Waals surface area contributed by atoms with Gasteiger partial charge in [-0.1, -0.05) is 19.0 Å². The molecule has 2 heterocycles. The summed E-state index contributed by atoms with van der Waals surface area (Å²) in [5.74, 6) is -0.265. The number of nitro benzene ring substituents is 1. The first-order valence-electron chi connectivity index (χ1n) is 9.52. The molecule has 0 unspecified atom stereocenters. The number of hydrogen-bond acceptors (Lipinski definition) is 8. The fourth-order valence-electron chi connectivity index (χ4n) is 3.43. The molecule has 0 saturated carbocycles. The number of nitro groups is 1. The number of hydrogen-bond donors (Lipinski definition) is 0. The molecule has 1 amide bonds.